The Hall–Kier alpha value is -2.06. The summed E-state index contributed by atoms with van der Waals surface area (Å²) in [5, 5.41) is 5.51. The van der Waals surface area contributed by atoms with Gasteiger partial charge in [-0.3, -0.25) is 4.79 Å². The Kier molecular flexibility index (Phi) is 6.01. The molecule has 1 heterocycles. The maximum Gasteiger partial charge on any atom is 0.316 e. The topological polar surface area (TPSA) is 112 Å². The lowest BCUT2D eigenvalue weighted by atomic mass is 10.2. The van der Waals surface area contributed by atoms with E-state index in [4.69, 9.17) is 17.4 Å². The van der Waals surface area contributed by atoms with Crippen LogP contribution in [0.2, 0.25) is 5.02 Å². The summed E-state index contributed by atoms with van der Waals surface area (Å²) < 4.78 is 0. The first kappa shape index (κ1) is 16.0. The van der Waals surface area contributed by atoms with Crippen molar-refractivity contribution >= 4 is 29.4 Å². The Morgan fingerprint density at radius 2 is 2.00 bits per heavy atom. The van der Waals surface area contributed by atoms with Gasteiger partial charge in [-0.1, -0.05) is 11.6 Å². The fourth-order valence-corrected chi connectivity index (χ4v) is 1.49. The number of aromatic nitrogens is 1. The molecule has 110 valence electrons. The Balaban J connectivity index is 2.43. The summed E-state index contributed by atoms with van der Waals surface area (Å²) in [4.78, 5) is 28.3. The summed E-state index contributed by atoms with van der Waals surface area (Å²) in [6, 6.07) is 1.24. The number of halogens is 1. The van der Waals surface area contributed by atoms with E-state index in [1.165, 1.54) is 17.2 Å². The van der Waals surface area contributed by atoms with Crippen molar-refractivity contribution < 1.29 is 9.59 Å². The monoisotopic (exact) mass is 300 g/mol. The lowest BCUT2D eigenvalue weighted by Crippen LogP contribution is -2.39. The van der Waals surface area contributed by atoms with Gasteiger partial charge in [-0.25, -0.2) is 15.6 Å². The van der Waals surface area contributed by atoms with Crippen LogP contribution < -0.4 is 21.9 Å². The average molecular weight is 301 g/mol. The molecule has 1 aromatic heterocycles. The van der Waals surface area contributed by atoms with Crippen LogP contribution in [-0.2, 0) is 0 Å². The van der Waals surface area contributed by atoms with Gasteiger partial charge in [0.1, 0.15) is 0 Å². The summed E-state index contributed by atoms with van der Waals surface area (Å²) in [5.74, 6) is 5.15. The second-order valence-electron chi connectivity index (χ2n) is 4.08. The zero-order chi connectivity index (χ0) is 15.1. The summed E-state index contributed by atoms with van der Waals surface area (Å²) in [5.41, 5.74) is 2.62. The van der Waals surface area contributed by atoms with Crippen molar-refractivity contribution in [3.05, 3.63) is 22.8 Å². The standard InChI is InChI=1S/C11H17ClN6O2/c1-18(2)11(20)15-4-3-14-10(19)7-5-8(12)9(17-13)16-6-7/h5-6H,3-4,13H2,1-2H3,(H,14,19)(H,15,20)(H,16,17). The highest BCUT2D eigenvalue weighted by Crippen LogP contribution is 2.18. The molecule has 0 aromatic carbocycles. The van der Waals surface area contributed by atoms with Crippen LogP contribution in [0.1, 0.15) is 10.4 Å². The SMILES string of the molecule is CN(C)C(=O)NCCNC(=O)c1cnc(NN)c(Cl)c1. The van der Waals surface area contributed by atoms with Crippen molar-refractivity contribution in [3.8, 4) is 0 Å². The average Bonchev–Trinajstić information content (AvgIpc) is 2.42. The van der Waals surface area contributed by atoms with Gasteiger partial charge in [0, 0.05) is 33.4 Å². The molecule has 1 aromatic rings. The van der Waals surface area contributed by atoms with Crippen LogP contribution in [0.3, 0.4) is 0 Å². The molecule has 0 aliphatic carbocycles. The minimum absolute atomic E-state index is 0.220. The number of rotatable bonds is 5. The highest BCUT2D eigenvalue weighted by Gasteiger charge is 2.09. The van der Waals surface area contributed by atoms with Gasteiger partial charge >= 0.3 is 6.03 Å². The second kappa shape index (κ2) is 7.51. The number of hydrazine groups is 1. The second-order valence-corrected chi connectivity index (χ2v) is 4.49. The van der Waals surface area contributed by atoms with E-state index in [1.54, 1.807) is 14.1 Å². The Morgan fingerprint density at radius 1 is 1.35 bits per heavy atom. The molecule has 20 heavy (non-hydrogen) atoms. The molecule has 0 aliphatic rings. The third-order valence-electron chi connectivity index (χ3n) is 2.33. The number of nitrogens with one attached hydrogen (secondary N) is 3. The fraction of sp³-hybridized carbons (Fsp3) is 0.364. The van der Waals surface area contributed by atoms with E-state index in [0.717, 1.165) is 0 Å². The largest absolute Gasteiger partial charge is 0.350 e. The van der Waals surface area contributed by atoms with Crippen LogP contribution in [-0.4, -0.2) is 49.0 Å². The summed E-state index contributed by atoms with van der Waals surface area (Å²) >= 11 is 5.86. The Labute approximate surface area is 121 Å². The first-order chi connectivity index (χ1) is 9.45. The van der Waals surface area contributed by atoms with E-state index < -0.39 is 0 Å². The molecule has 0 spiro atoms. The first-order valence-electron chi connectivity index (χ1n) is 5.81. The van der Waals surface area contributed by atoms with Crippen LogP contribution in [0, 0.1) is 0 Å². The zero-order valence-electron chi connectivity index (χ0n) is 11.2. The van der Waals surface area contributed by atoms with E-state index in [0.29, 0.717) is 24.5 Å². The van der Waals surface area contributed by atoms with Crippen molar-refractivity contribution in [1.29, 1.82) is 0 Å². The Bertz CT molecular complexity index is 494. The van der Waals surface area contributed by atoms with Gasteiger partial charge in [0.05, 0.1) is 10.6 Å². The van der Waals surface area contributed by atoms with Gasteiger partial charge in [-0.2, -0.15) is 0 Å². The molecule has 0 bridgehead atoms. The molecule has 5 N–H and O–H groups in total. The number of nitrogens with zero attached hydrogens (tertiary/aromatic N) is 2. The van der Waals surface area contributed by atoms with Gasteiger partial charge < -0.3 is 21.0 Å². The number of amides is 3. The smallest absolute Gasteiger partial charge is 0.316 e. The van der Waals surface area contributed by atoms with Crippen molar-refractivity contribution in [2.75, 3.05) is 32.6 Å². The number of hydrogen-bond donors (Lipinski definition) is 4. The molecule has 0 radical (unpaired) electrons. The molecule has 0 saturated carbocycles. The van der Waals surface area contributed by atoms with Crippen molar-refractivity contribution in [2.24, 2.45) is 5.84 Å². The van der Waals surface area contributed by atoms with E-state index in [-0.39, 0.29) is 17.0 Å². The van der Waals surface area contributed by atoms with E-state index in [2.05, 4.69) is 21.0 Å². The van der Waals surface area contributed by atoms with Gasteiger partial charge in [0.2, 0.25) is 0 Å². The first-order valence-corrected chi connectivity index (χ1v) is 6.19. The predicted molar refractivity (Wildman–Crippen MR) is 76.5 cm³/mol. The molecular formula is C11H17ClN6O2. The maximum atomic E-state index is 11.8. The molecule has 0 atom stereocenters. The van der Waals surface area contributed by atoms with Gasteiger partial charge in [-0.05, 0) is 6.07 Å². The van der Waals surface area contributed by atoms with Gasteiger partial charge in [-0.15, -0.1) is 0 Å². The minimum Gasteiger partial charge on any atom is -0.350 e. The van der Waals surface area contributed by atoms with Crippen LogP contribution in [0.15, 0.2) is 12.3 Å². The number of carbonyl (C=O) groups excluding carboxylic acids is 2. The number of nitrogens with two attached hydrogens (primary N) is 1. The van der Waals surface area contributed by atoms with Crippen molar-refractivity contribution in [1.82, 2.24) is 20.5 Å². The number of anilines is 1. The molecular weight excluding hydrogens is 284 g/mol. The lowest BCUT2D eigenvalue weighted by molar-refractivity contribution is 0.0953. The van der Waals surface area contributed by atoms with E-state index in [1.807, 2.05) is 0 Å². The zero-order valence-corrected chi connectivity index (χ0v) is 12.0. The van der Waals surface area contributed by atoms with Crippen LogP contribution >= 0.6 is 11.6 Å². The quantitative estimate of drug-likeness (QED) is 0.348. The molecule has 0 saturated heterocycles. The van der Waals surface area contributed by atoms with E-state index >= 15 is 0 Å². The number of hydrogen-bond acceptors (Lipinski definition) is 5. The number of urea groups is 1. The number of pyridine rings is 1. The highest BCUT2D eigenvalue weighted by molar-refractivity contribution is 6.33. The third-order valence-corrected chi connectivity index (χ3v) is 2.62. The molecule has 0 aliphatic heterocycles. The fourth-order valence-electron chi connectivity index (χ4n) is 1.27. The highest BCUT2D eigenvalue weighted by atomic mass is 35.5. The van der Waals surface area contributed by atoms with Crippen LogP contribution in [0.4, 0.5) is 10.6 Å². The van der Waals surface area contributed by atoms with Crippen LogP contribution in [0.25, 0.3) is 0 Å². The molecule has 1 rings (SSSR count). The molecule has 0 unspecified atom stereocenters. The minimum atomic E-state index is -0.331. The lowest BCUT2D eigenvalue weighted by Gasteiger charge is -2.12. The maximum absolute atomic E-state index is 11.8. The van der Waals surface area contributed by atoms with Crippen molar-refractivity contribution in [3.63, 3.8) is 0 Å². The van der Waals surface area contributed by atoms with Gasteiger partial charge in [0.25, 0.3) is 5.91 Å². The normalized spacial score (nSPS) is 9.80. The molecule has 8 nitrogen and oxygen atoms in total. The predicted octanol–water partition coefficient (Wildman–Crippen LogP) is 0.0216. The molecule has 3 amide bonds. The Morgan fingerprint density at radius 3 is 2.55 bits per heavy atom. The summed E-state index contributed by atoms with van der Waals surface area (Å²) in [7, 11) is 3.27. The molecule has 0 fully saturated rings. The third kappa shape index (κ3) is 4.56. The van der Waals surface area contributed by atoms with Crippen LogP contribution in [0.5, 0.6) is 0 Å². The summed E-state index contributed by atoms with van der Waals surface area (Å²) in [6.07, 6.45) is 1.36. The number of carbonyl (C=O) groups is 2. The van der Waals surface area contributed by atoms with Gasteiger partial charge in [0.15, 0.2) is 5.82 Å². The van der Waals surface area contributed by atoms with E-state index in [9.17, 15) is 9.59 Å². The van der Waals surface area contributed by atoms with Crippen molar-refractivity contribution in [2.45, 2.75) is 0 Å². The number of nitrogen functional groups attached to an aromatic ring is 1. The summed E-state index contributed by atoms with van der Waals surface area (Å²) in [6.45, 7) is 0.624. The molecule has 9 heteroatoms.